The number of methoxy groups -OCH3 is 1. The molecule has 0 unspecified atom stereocenters. The number of benzene rings is 1. The van der Waals surface area contributed by atoms with Gasteiger partial charge in [0.2, 0.25) is 5.91 Å². The predicted molar refractivity (Wildman–Crippen MR) is 94.5 cm³/mol. The normalized spacial score (nSPS) is 22.2. The number of para-hydroxylation sites is 2. The van der Waals surface area contributed by atoms with E-state index in [1.165, 1.54) is 0 Å². The Kier molecular flexibility index (Phi) is 5.96. The van der Waals surface area contributed by atoms with Crippen molar-refractivity contribution in [1.29, 1.82) is 0 Å². The van der Waals surface area contributed by atoms with Gasteiger partial charge in [-0.3, -0.25) is 4.79 Å². The Morgan fingerprint density at radius 3 is 2.88 bits per heavy atom. The standard InChI is InChI=1S/C19H28N2O3/c1-23-18-7-3-2-6-17(18)21-10-4-5-16(14-21)20-19(22)13-15-8-11-24-12-9-15/h2-3,6-7,15-16H,4-5,8-14H2,1H3,(H,20,22)/t16-/m1/s1. The highest BCUT2D eigenvalue weighted by Crippen LogP contribution is 2.30. The summed E-state index contributed by atoms with van der Waals surface area (Å²) in [6.07, 6.45) is 4.77. The molecule has 1 aromatic rings. The van der Waals surface area contributed by atoms with E-state index < -0.39 is 0 Å². The van der Waals surface area contributed by atoms with E-state index in [1.807, 2.05) is 18.2 Å². The van der Waals surface area contributed by atoms with Crippen LogP contribution in [0.25, 0.3) is 0 Å². The lowest BCUT2D eigenvalue weighted by molar-refractivity contribution is -0.123. The molecule has 2 aliphatic rings. The Morgan fingerprint density at radius 1 is 1.29 bits per heavy atom. The summed E-state index contributed by atoms with van der Waals surface area (Å²) in [6, 6.07) is 8.31. The first kappa shape index (κ1) is 17.1. The van der Waals surface area contributed by atoms with E-state index in [0.717, 1.165) is 63.4 Å². The average Bonchev–Trinajstić information content (AvgIpc) is 2.62. The fraction of sp³-hybridized carbons (Fsp3) is 0.632. The second-order valence-corrected chi connectivity index (χ2v) is 6.78. The molecule has 0 spiro atoms. The Morgan fingerprint density at radius 2 is 2.08 bits per heavy atom. The van der Waals surface area contributed by atoms with Crippen LogP contribution in [-0.4, -0.2) is 45.4 Å². The fourth-order valence-electron chi connectivity index (χ4n) is 3.70. The summed E-state index contributed by atoms with van der Waals surface area (Å²) in [4.78, 5) is 14.7. The molecule has 2 aliphatic heterocycles. The van der Waals surface area contributed by atoms with Gasteiger partial charge in [-0.2, -0.15) is 0 Å². The van der Waals surface area contributed by atoms with Crippen molar-refractivity contribution in [2.24, 2.45) is 5.92 Å². The van der Waals surface area contributed by atoms with E-state index in [0.29, 0.717) is 12.3 Å². The zero-order valence-corrected chi connectivity index (χ0v) is 14.5. The summed E-state index contributed by atoms with van der Waals surface area (Å²) in [7, 11) is 1.70. The van der Waals surface area contributed by atoms with Crippen molar-refractivity contribution < 1.29 is 14.3 Å². The average molecular weight is 332 g/mol. The summed E-state index contributed by atoms with van der Waals surface area (Å²) < 4.78 is 10.8. The van der Waals surface area contributed by atoms with Gasteiger partial charge in [0, 0.05) is 38.8 Å². The molecule has 1 amide bonds. The predicted octanol–water partition coefficient (Wildman–Crippen LogP) is 2.60. The molecule has 2 fully saturated rings. The summed E-state index contributed by atoms with van der Waals surface area (Å²) in [5, 5.41) is 3.24. The lowest BCUT2D eigenvalue weighted by Gasteiger charge is -2.35. The van der Waals surface area contributed by atoms with Crippen molar-refractivity contribution in [3.05, 3.63) is 24.3 Å². The van der Waals surface area contributed by atoms with Gasteiger partial charge in [-0.1, -0.05) is 12.1 Å². The molecule has 1 N–H and O–H groups in total. The number of nitrogens with one attached hydrogen (secondary N) is 1. The first-order valence-corrected chi connectivity index (χ1v) is 9.01. The molecule has 132 valence electrons. The molecule has 0 saturated carbocycles. The maximum atomic E-state index is 12.4. The molecule has 0 aliphatic carbocycles. The van der Waals surface area contributed by atoms with Crippen molar-refractivity contribution in [3.63, 3.8) is 0 Å². The zero-order valence-electron chi connectivity index (χ0n) is 14.5. The first-order chi connectivity index (χ1) is 11.8. The molecule has 3 rings (SSSR count). The van der Waals surface area contributed by atoms with Gasteiger partial charge in [-0.25, -0.2) is 0 Å². The van der Waals surface area contributed by atoms with Gasteiger partial charge in [0.05, 0.1) is 12.8 Å². The first-order valence-electron chi connectivity index (χ1n) is 9.01. The molecule has 0 bridgehead atoms. The second-order valence-electron chi connectivity index (χ2n) is 6.78. The molecular weight excluding hydrogens is 304 g/mol. The van der Waals surface area contributed by atoms with Crippen LogP contribution in [0.3, 0.4) is 0 Å². The van der Waals surface area contributed by atoms with Crippen molar-refractivity contribution in [2.75, 3.05) is 38.3 Å². The lowest BCUT2D eigenvalue weighted by Crippen LogP contribution is -2.48. The molecule has 5 nitrogen and oxygen atoms in total. The Balaban J connectivity index is 1.54. The number of ether oxygens (including phenoxy) is 2. The molecule has 0 radical (unpaired) electrons. The number of rotatable bonds is 5. The van der Waals surface area contributed by atoms with E-state index in [9.17, 15) is 4.79 Å². The van der Waals surface area contributed by atoms with Crippen LogP contribution in [0.1, 0.15) is 32.1 Å². The van der Waals surface area contributed by atoms with Crippen molar-refractivity contribution in [3.8, 4) is 5.75 Å². The highest BCUT2D eigenvalue weighted by molar-refractivity contribution is 5.76. The Labute approximate surface area is 144 Å². The quantitative estimate of drug-likeness (QED) is 0.900. The summed E-state index contributed by atoms with van der Waals surface area (Å²) in [5.74, 6) is 1.56. The number of hydrogen-bond donors (Lipinski definition) is 1. The van der Waals surface area contributed by atoms with E-state index >= 15 is 0 Å². The number of carbonyl (C=O) groups is 1. The topological polar surface area (TPSA) is 50.8 Å². The van der Waals surface area contributed by atoms with E-state index in [4.69, 9.17) is 9.47 Å². The van der Waals surface area contributed by atoms with Crippen LogP contribution >= 0.6 is 0 Å². The highest BCUT2D eigenvalue weighted by Gasteiger charge is 2.24. The number of hydrogen-bond acceptors (Lipinski definition) is 4. The summed E-state index contributed by atoms with van der Waals surface area (Å²) in [5.41, 5.74) is 1.11. The number of piperidine rings is 1. The van der Waals surface area contributed by atoms with Crippen molar-refractivity contribution >= 4 is 11.6 Å². The van der Waals surface area contributed by atoms with Crippen LogP contribution in [0.4, 0.5) is 5.69 Å². The lowest BCUT2D eigenvalue weighted by atomic mass is 9.95. The molecule has 1 aromatic carbocycles. The fourth-order valence-corrected chi connectivity index (χ4v) is 3.70. The third kappa shape index (κ3) is 4.41. The van der Waals surface area contributed by atoms with Crippen LogP contribution < -0.4 is 15.0 Å². The van der Waals surface area contributed by atoms with Crippen LogP contribution in [0.15, 0.2) is 24.3 Å². The maximum absolute atomic E-state index is 12.4. The smallest absolute Gasteiger partial charge is 0.220 e. The molecule has 5 heteroatoms. The van der Waals surface area contributed by atoms with Crippen LogP contribution in [0.2, 0.25) is 0 Å². The molecule has 0 aromatic heterocycles. The Bertz CT molecular complexity index is 543. The second kappa shape index (κ2) is 8.38. The van der Waals surface area contributed by atoms with Crippen molar-refractivity contribution in [1.82, 2.24) is 5.32 Å². The monoisotopic (exact) mass is 332 g/mol. The SMILES string of the molecule is COc1ccccc1N1CCC[C@@H](NC(=O)CC2CCOCC2)C1. The number of amides is 1. The van der Waals surface area contributed by atoms with Gasteiger partial charge in [-0.05, 0) is 43.7 Å². The highest BCUT2D eigenvalue weighted by atomic mass is 16.5. The van der Waals surface area contributed by atoms with Crippen LogP contribution in [-0.2, 0) is 9.53 Å². The molecule has 24 heavy (non-hydrogen) atoms. The van der Waals surface area contributed by atoms with Gasteiger partial charge < -0.3 is 19.7 Å². The minimum atomic E-state index is 0.189. The molecule has 1 atom stereocenters. The van der Waals surface area contributed by atoms with E-state index in [2.05, 4.69) is 16.3 Å². The van der Waals surface area contributed by atoms with Gasteiger partial charge in [0.15, 0.2) is 0 Å². The largest absolute Gasteiger partial charge is 0.495 e. The number of anilines is 1. The minimum absolute atomic E-state index is 0.189. The van der Waals surface area contributed by atoms with Gasteiger partial charge in [-0.15, -0.1) is 0 Å². The van der Waals surface area contributed by atoms with Gasteiger partial charge in [0.25, 0.3) is 0 Å². The van der Waals surface area contributed by atoms with E-state index in [1.54, 1.807) is 7.11 Å². The molecular formula is C19H28N2O3. The van der Waals surface area contributed by atoms with Crippen LogP contribution in [0.5, 0.6) is 5.75 Å². The van der Waals surface area contributed by atoms with Crippen molar-refractivity contribution in [2.45, 2.75) is 38.1 Å². The maximum Gasteiger partial charge on any atom is 0.220 e. The van der Waals surface area contributed by atoms with E-state index in [-0.39, 0.29) is 11.9 Å². The Hall–Kier alpha value is -1.75. The van der Waals surface area contributed by atoms with Gasteiger partial charge in [0.1, 0.15) is 5.75 Å². The third-order valence-corrected chi connectivity index (χ3v) is 5.03. The zero-order chi connectivity index (χ0) is 16.8. The third-order valence-electron chi connectivity index (χ3n) is 5.03. The molecule has 2 saturated heterocycles. The van der Waals surface area contributed by atoms with Gasteiger partial charge >= 0.3 is 0 Å². The van der Waals surface area contributed by atoms with Crippen LogP contribution in [0, 0.1) is 5.92 Å². The molecule has 2 heterocycles. The minimum Gasteiger partial charge on any atom is -0.495 e. The summed E-state index contributed by atoms with van der Waals surface area (Å²) in [6.45, 7) is 3.44. The number of carbonyl (C=O) groups excluding carboxylic acids is 1. The number of nitrogens with zero attached hydrogens (tertiary/aromatic N) is 1. The summed E-state index contributed by atoms with van der Waals surface area (Å²) >= 11 is 0.